The number of carbonyl (C=O) groups is 1. The molecule has 1 atom stereocenters. The molecule has 1 aliphatic rings. The van der Waals surface area contributed by atoms with Gasteiger partial charge in [0, 0.05) is 17.6 Å². The molecule has 9 heteroatoms. The smallest absolute Gasteiger partial charge is 0.275 e. The van der Waals surface area contributed by atoms with Crippen molar-refractivity contribution in [2.24, 2.45) is 0 Å². The lowest BCUT2D eigenvalue weighted by atomic mass is 10.2. The lowest BCUT2D eigenvalue weighted by Gasteiger charge is -2.21. The highest BCUT2D eigenvalue weighted by Crippen LogP contribution is 2.42. The molecule has 20 heavy (non-hydrogen) atoms. The second-order valence-corrected chi connectivity index (χ2v) is 8.13. The Bertz CT molecular complexity index is 497. The van der Waals surface area contributed by atoms with Crippen molar-refractivity contribution >= 4 is 58.5 Å². The molecule has 2 rings (SSSR count). The first-order valence-corrected chi connectivity index (χ1v) is 7.63. The van der Waals surface area contributed by atoms with Crippen molar-refractivity contribution in [1.82, 2.24) is 9.84 Å². The van der Waals surface area contributed by atoms with Gasteiger partial charge in [0.05, 0.1) is 0 Å². The fourth-order valence-corrected chi connectivity index (χ4v) is 2.98. The second-order valence-electron chi connectivity index (χ2n) is 4.01. The number of alkyl halides is 3. The summed E-state index contributed by atoms with van der Waals surface area (Å²) in [6, 6.07) is 5.27. The zero-order valence-electron chi connectivity index (χ0n) is 10.3. The molecule has 1 unspecified atom stereocenters. The minimum absolute atomic E-state index is 0.284. The van der Waals surface area contributed by atoms with E-state index >= 15 is 0 Å². The highest BCUT2D eigenvalue weighted by atomic mass is 35.6. The molecule has 1 aliphatic heterocycles. The highest BCUT2D eigenvalue weighted by Gasteiger charge is 2.41. The largest absolute Gasteiger partial charge is 0.350 e. The average molecular weight is 359 g/mol. The number of carbonyl (C=O) groups excluding carboxylic acids is 1. The number of hydrazine groups is 1. The molecular weight excluding hydrogens is 348 g/mol. The molecule has 4 nitrogen and oxygen atoms in total. The minimum atomic E-state index is -1.65. The molecule has 0 aromatic heterocycles. The van der Waals surface area contributed by atoms with Crippen LogP contribution in [0.3, 0.4) is 0 Å². The maximum Gasteiger partial charge on any atom is 0.350 e. The molecule has 0 saturated carbocycles. The summed E-state index contributed by atoms with van der Waals surface area (Å²) in [5, 5.41) is 0. The van der Waals surface area contributed by atoms with Crippen LogP contribution in [0.1, 0.15) is 13.3 Å². The molecule has 1 aromatic carbocycles. The number of amides is 2. The van der Waals surface area contributed by atoms with Gasteiger partial charge in [0.15, 0.2) is 0 Å². The van der Waals surface area contributed by atoms with E-state index in [2.05, 4.69) is 5.43 Å². The number of rotatable bonds is 3. The Labute approximate surface area is 135 Å². The summed E-state index contributed by atoms with van der Waals surface area (Å²) in [5.74, 6) is -0.367. The van der Waals surface area contributed by atoms with Gasteiger partial charge in [0.2, 0.25) is 0 Å². The Hall–Kier alpha value is -0.400. The number of hydrogen-bond donors (Lipinski definition) is 1. The van der Waals surface area contributed by atoms with Crippen molar-refractivity contribution in [2.75, 3.05) is 4.90 Å². The van der Waals surface area contributed by atoms with Crippen LogP contribution in [0, 0.1) is 5.82 Å². The summed E-state index contributed by atoms with van der Waals surface area (Å²) >= 11 is 17.8. The molecule has 0 aliphatic carbocycles. The zero-order valence-corrected chi connectivity index (χ0v) is 13.4. The van der Waals surface area contributed by atoms with E-state index in [4.69, 9.17) is 34.8 Å². The lowest BCUT2D eigenvalue weighted by Crippen LogP contribution is -2.36. The first-order chi connectivity index (χ1) is 9.31. The Morgan fingerprint density at radius 3 is 2.45 bits per heavy atom. The number of nitrogens with zero attached hydrogens (tertiary/aromatic N) is 2. The molecule has 2 amide bonds. The predicted octanol–water partition coefficient (Wildman–Crippen LogP) is 4.28. The van der Waals surface area contributed by atoms with Gasteiger partial charge in [0.25, 0.3) is 3.12 Å². The fraction of sp³-hybridized carbons (Fsp3) is 0.364. The normalized spacial score (nSPS) is 19.9. The molecule has 0 radical (unpaired) electrons. The third-order valence-corrected chi connectivity index (χ3v) is 3.92. The standard InChI is InChI=1S/C11H11Cl3FN3OS/c1-2-9-16-18(20-11(12,13)14)10(19)17(9)8-5-3-7(15)4-6-8/h3-6,9,16H,2H2,1H3. The van der Waals surface area contributed by atoms with E-state index in [1.165, 1.54) is 33.6 Å². The van der Waals surface area contributed by atoms with Crippen molar-refractivity contribution in [1.29, 1.82) is 0 Å². The first kappa shape index (κ1) is 16.0. The Morgan fingerprint density at radius 2 is 1.95 bits per heavy atom. The minimum Gasteiger partial charge on any atom is -0.275 e. The van der Waals surface area contributed by atoms with Crippen molar-refractivity contribution in [3.63, 3.8) is 0 Å². The Balaban J connectivity index is 2.23. The molecule has 110 valence electrons. The van der Waals surface area contributed by atoms with Gasteiger partial charge in [-0.3, -0.25) is 4.90 Å². The van der Waals surface area contributed by atoms with Gasteiger partial charge >= 0.3 is 6.03 Å². The van der Waals surface area contributed by atoms with Gasteiger partial charge in [-0.05, 0) is 30.7 Å². The van der Waals surface area contributed by atoms with Gasteiger partial charge in [-0.25, -0.2) is 9.18 Å². The fourth-order valence-electron chi connectivity index (χ4n) is 1.81. The number of hydrogen-bond acceptors (Lipinski definition) is 3. The molecule has 1 saturated heterocycles. The van der Waals surface area contributed by atoms with Crippen molar-refractivity contribution in [2.45, 2.75) is 22.6 Å². The van der Waals surface area contributed by atoms with Crippen LogP contribution < -0.4 is 10.3 Å². The number of benzene rings is 1. The molecule has 1 heterocycles. The van der Waals surface area contributed by atoms with E-state index in [1.54, 1.807) is 0 Å². The van der Waals surface area contributed by atoms with Crippen LogP contribution >= 0.6 is 46.8 Å². The molecule has 1 fully saturated rings. The number of urea groups is 1. The molecule has 0 spiro atoms. The second kappa shape index (κ2) is 6.15. The van der Waals surface area contributed by atoms with E-state index in [1.807, 2.05) is 6.92 Å². The Morgan fingerprint density at radius 1 is 1.35 bits per heavy atom. The van der Waals surface area contributed by atoms with Gasteiger partial charge < -0.3 is 0 Å². The van der Waals surface area contributed by atoms with Gasteiger partial charge in [-0.2, -0.15) is 9.84 Å². The summed E-state index contributed by atoms with van der Waals surface area (Å²) in [5.41, 5.74) is 3.51. The van der Waals surface area contributed by atoms with Crippen LogP contribution in [0.25, 0.3) is 0 Å². The molecule has 1 aromatic rings. The quantitative estimate of drug-likeness (QED) is 0.647. The summed E-state index contributed by atoms with van der Waals surface area (Å²) < 4.78 is 12.5. The van der Waals surface area contributed by atoms with Crippen LogP contribution in [0.2, 0.25) is 0 Å². The third kappa shape index (κ3) is 3.62. The number of nitrogens with one attached hydrogen (secondary N) is 1. The summed E-state index contributed by atoms with van der Waals surface area (Å²) in [4.78, 5) is 13.8. The van der Waals surface area contributed by atoms with Crippen molar-refractivity contribution in [3.05, 3.63) is 30.1 Å². The predicted molar refractivity (Wildman–Crippen MR) is 81.2 cm³/mol. The van der Waals surface area contributed by atoms with E-state index in [-0.39, 0.29) is 18.0 Å². The van der Waals surface area contributed by atoms with Gasteiger partial charge in [-0.1, -0.05) is 41.7 Å². The third-order valence-electron chi connectivity index (χ3n) is 2.64. The zero-order chi connectivity index (χ0) is 14.9. The van der Waals surface area contributed by atoms with Crippen molar-refractivity contribution < 1.29 is 9.18 Å². The topological polar surface area (TPSA) is 35.6 Å². The molecule has 1 N–H and O–H groups in total. The van der Waals surface area contributed by atoms with Crippen LogP contribution in [0.5, 0.6) is 0 Å². The molecule has 0 bridgehead atoms. The summed E-state index contributed by atoms with van der Waals surface area (Å²) in [7, 11) is 0. The monoisotopic (exact) mass is 357 g/mol. The van der Waals surface area contributed by atoms with Crippen LogP contribution in [-0.4, -0.2) is 19.7 Å². The van der Waals surface area contributed by atoms with Gasteiger partial charge in [-0.15, -0.1) is 0 Å². The summed E-state index contributed by atoms with van der Waals surface area (Å²) in [6.07, 6.45) is 0.354. The van der Waals surface area contributed by atoms with Crippen LogP contribution in [0.15, 0.2) is 24.3 Å². The van der Waals surface area contributed by atoms with E-state index < -0.39 is 3.12 Å². The lowest BCUT2D eigenvalue weighted by molar-refractivity contribution is 0.236. The number of halogens is 4. The first-order valence-electron chi connectivity index (χ1n) is 5.72. The van der Waals surface area contributed by atoms with E-state index in [9.17, 15) is 9.18 Å². The highest BCUT2D eigenvalue weighted by molar-refractivity contribution is 8.03. The maximum atomic E-state index is 13.0. The van der Waals surface area contributed by atoms with Crippen LogP contribution in [-0.2, 0) is 0 Å². The SMILES string of the molecule is CCC1NN(SC(Cl)(Cl)Cl)C(=O)N1c1ccc(F)cc1. The number of anilines is 1. The Kier molecular flexibility index (Phi) is 4.92. The summed E-state index contributed by atoms with van der Waals surface area (Å²) in [6.45, 7) is 1.91. The molecular formula is C11H11Cl3FN3OS. The van der Waals surface area contributed by atoms with Crippen LogP contribution in [0.4, 0.5) is 14.9 Å². The van der Waals surface area contributed by atoms with Crippen molar-refractivity contribution in [3.8, 4) is 0 Å². The average Bonchev–Trinajstić information content (AvgIpc) is 2.65. The van der Waals surface area contributed by atoms with E-state index in [0.29, 0.717) is 12.1 Å². The van der Waals surface area contributed by atoms with E-state index in [0.717, 1.165) is 11.9 Å². The maximum absolute atomic E-state index is 13.0. The van der Waals surface area contributed by atoms with Gasteiger partial charge in [0.1, 0.15) is 12.0 Å².